The first-order valence-electron chi connectivity index (χ1n) is 6.46. The van der Waals surface area contributed by atoms with E-state index < -0.39 is 0 Å². The summed E-state index contributed by atoms with van der Waals surface area (Å²) in [7, 11) is 0. The van der Waals surface area contributed by atoms with Crippen molar-refractivity contribution in [3.05, 3.63) is 22.5 Å². The number of H-pyrrole nitrogens is 1. The van der Waals surface area contributed by atoms with Gasteiger partial charge in [-0.3, -0.25) is 0 Å². The number of carbonyl (C=O) groups excluding carboxylic acids is 1. The minimum atomic E-state index is -0.227. The topological polar surface area (TPSA) is 42.1 Å². The van der Waals surface area contributed by atoms with Gasteiger partial charge in [-0.25, -0.2) is 4.79 Å². The average Bonchev–Trinajstić information content (AvgIpc) is 2.58. The quantitative estimate of drug-likeness (QED) is 0.607. The maximum atomic E-state index is 11.8. The summed E-state index contributed by atoms with van der Waals surface area (Å²) in [6.45, 7) is 8.50. The standard InChI is InChI=1S/C14H23NO2/c1-5-7-8-9-12-10(3)11(4)15-13(12)14(16)17-6-2/h15H,5-9H2,1-4H3. The number of carbonyl (C=O) groups is 1. The second-order valence-electron chi connectivity index (χ2n) is 4.41. The number of unbranched alkanes of at least 4 members (excludes halogenated alkanes) is 2. The summed E-state index contributed by atoms with van der Waals surface area (Å²) in [6, 6.07) is 0. The summed E-state index contributed by atoms with van der Waals surface area (Å²) >= 11 is 0. The van der Waals surface area contributed by atoms with Crippen LogP contribution in [0.5, 0.6) is 0 Å². The molecule has 3 heteroatoms. The fourth-order valence-electron chi connectivity index (χ4n) is 2.01. The van der Waals surface area contributed by atoms with Crippen LogP contribution in [0.4, 0.5) is 0 Å². The van der Waals surface area contributed by atoms with Crippen molar-refractivity contribution in [1.29, 1.82) is 0 Å². The maximum absolute atomic E-state index is 11.8. The Kier molecular flexibility index (Phi) is 5.26. The van der Waals surface area contributed by atoms with E-state index >= 15 is 0 Å². The number of hydrogen-bond acceptors (Lipinski definition) is 2. The lowest BCUT2D eigenvalue weighted by atomic mass is 10.0. The van der Waals surface area contributed by atoms with E-state index in [0.717, 1.165) is 24.1 Å². The van der Waals surface area contributed by atoms with Gasteiger partial charge in [-0.2, -0.15) is 0 Å². The van der Waals surface area contributed by atoms with Crippen molar-refractivity contribution >= 4 is 5.97 Å². The predicted octanol–water partition coefficient (Wildman–Crippen LogP) is 3.54. The maximum Gasteiger partial charge on any atom is 0.355 e. The van der Waals surface area contributed by atoms with Gasteiger partial charge in [0.2, 0.25) is 0 Å². The molecule has 0 atom stereocenters. The largest absolute Gasteiger partial charge is 0.461 e. The van der Waals surface area contributed by atoms with Crippen molar-refractivity contribution in [1.82, 2.24) is 4.98 Å². The molecule has 0 aliphatic carbocycles. The molecule has 1 N–H and O–H groups in total. The SMILES string of the molecule is CCCCCc1c(C(=O)OCC)[nH]c(C)c1C. The average molecular weight is 237 g/mol. The number of esters is 1. The summed E-state index contributed by atoms with van der Waals surface area (Å²) in [5.41, 5.74) is 4.05. The van der Waals surface area contributed by atoms with Crippen LogP contribution < -0.4 is 0 Å². The van der Waals surface area contributed by atoms with Gasteiger partial charge < -0.3 is 9.72 Å². The van der Waals surface area contributed by atoms with E-state index in [4.69, 9.17) is 4.74 Å². The van der Waals surface area contributed by atoms with E-state index in [-0.39, 0.29) is 5.97 Å². The molecule has 0 spiro atoms. The fraction of sp³-hybridized carbons (Fsp3) is 0.643. The molecule has 0 aliphatic heterocycles. The lowest BCUT2D eigenvalue weighted by molar-refractivity contribution is 0.0518. The van der Waals surface area contributed by atoms with Crippen LogP contribution >= 0.6 is 0 Å². The Hall–Kier alpha value is -1.25. The lowest BCUT2D eigenvalue weighted by Crippen LogP contribution is -2.08. The second-order valence-corrected chi connectivity index (χ2v) is 4.41. The van der Waals surface area contributed by atoms with Crippen molar-refractivity contribution in [2.45, 2.75) is 53.4 Å². The zero-order valence-electron chi connectivity index (χ0n) is 11.4. The predicted molar refractivity (Wildman–Crippen MR) is 69.5 cm³/mol. The van der Waals surface area contributed by atoms with Gasteiger partial charge in [0.15, 0.2) is 0 Å². The molecule has 1 aromatic heterocycles. The molecule has 0 bridgehead atoms. The Morgan fingerprint density at radius 1 is 1.24 bits per heavy atom. The summed E-state index contributed by atoms with van der Waals surface area (Å²) in [4.78, 5) is 15.0. The normalized spacial score (nSPS) is 10.6. The minimum absolute atomic E-state index is 0.227. The summed E-state index contributed by atoms with van der Waals surface area (Å²) in [6.07, 6.45) is 4.47. The van der Waals surface area contributed by atoms with E-state index in [9.17, 15) is 4.79 Å². The molecular weight excluding hydrogens is 214 g/mol. The number of nitrogens with one attached hydrogen (secondary N) is 1. The first-order chi connectivity index (χ1) is 8.11. The molecule has 1 rings (SSSR count). The first kappa shape index (κ1) is 13.8. The van der Waals surface area contributed by atoms with Gasteiger partial charge in [-0.15, -0.1) is 0 Å². The summed E-state index contributed by atoms with van der Waals surface area (Å²) < 4.78 is 5.07. The molecule has 0 fully saturated rings. The molecule has 96 valence electrons. The molecule has 0 aromatic carbocycles. The third kappa shape index (κ3) is 3.35. The molecular formula is C14H23NO2. The molecule has 1 heterocycles. The highest BCUT2D eigenvalue weighted by molar-refractivity contribution is 5.89. The highest BCUT2D eigenvalue weighted by Crippen LogP contribution is 2.21. The van der Waals surface area contributed by atoms with Gasteiger partial charge in [0.1, 0.15) is 5.69 Å². The Morgan fingerprint density at radius 2 is 1.94 bits per heavy atom. The van der Waals surface area contributed by atoms with E-state index in [1.54, 1.807) is 0 Å². The number of aromatic amines is 1. The van der Waals surface area contributed by atoms with Gasteiger partial charge in [0, 0.05) is 5.69 Å². The summed E-state index contributed by atoms with van der Waals surface area (Å²) in [5.74, 6) is -0.227. The second kappa shape index (κ2) is 6.48. The van der Waals surface area contributed by atoms with E-state index in [2.05, 4.69) is 18.8 Å². The number of rotatable bonds is 6. The van der Waals surface area contributed by atoms with Crippen LogP contribution in [0.2, 0.25) is 0 Å². The van der Waals surface area contributed by atoms with E-state index in [1.807, 2.05) is 13.8 Å². The van der Waals surface area contributed by atoms with Gasteiger partial charge in [-0.1, -0.05) is 19.8 Å². The van der Waals surface area contributed by atoms with Crippen molar-refractivity contribution in [2.75, 3.05) is 6.61 Å². The monoisotopic (exact) mass is 237 g/mol. The number of aryl methyl sites for hydroxylation is 1. The van der Waals surface area contributed by atoms with Crippen LogP contribution in [0.1, 0.15) is 60.4 Å². The van der Waals surface area contributed by atoms with Crippen LogP contribution in [0, 0.1) is 13.8 Å². The molecule has 17 heavy (non-hydrogen) atoms. The smallest absolute Gasteiger partial charge is 0.355 e. The fourth-order valence-corrected chi connectivity index (χ4v) is 2.01. The highest BCUT2D eigenvalue weighted by atomic mass is 16.5. The van der Waals surface area contributed by atoms with Crippen LogP contribution in [0.25, 0.3) is 0 Å². The summed E-state index contributed by atoms with van der Waals surface area (Å²) in [5, 5.41) is 0. The molecule has 0 unspecified atom stereocenters. The first-order valence-corrected chi connectivity index (χ1v) is 6.46. The molecule has 0 aliphatic rings. The molecule has 3 nitrogen and oxygen atoms in total. The minimum Gasteiger partial charge on any atom is -0.461 e. The zero-order valence-corrected chi connectivity index (χ0v) is 11.4. The molecule has 0 saturated carbocycles. The van der Waals surface area contributed by atoms with Gasteiger partial charge >= 0.3 is 5.97 Å². The van der Waals surface area contributed by atoms with Gasteiger partial charge in [-0.05, 0) is 44.7 Å². The van der Waals surface area contributed by atoms with E-state index in [0.29, 0.717) is 12.3 Å². The highest BCUT2D eigenvalue weighted by Gasteiger charge is 2.18. The molecule has 0 saturated heterocycles. The third-order valence-corrected chi connectivity index (χ3v) is 3.14. The third-order valence-electron chi connectivity index (χ3n) is 3.14. The molecule has 1 aromatic rings. The number of hydrogen-bond donors (Lipinski definition) is 1. The van der Waals surface area contributed by atoms with Crippen LogP contribution in [-0.4, -0.2) is 17.6 Å². The lowest BCUT2D eigenvalue weighted by Gasteiger charge is -2.05. The molecule has 0 amide bonds. The van der Waals surface area contributed by atoms with Crippen molar-refractivity contribution in [3.63, 3.8) is 0 Å². The van der Waals surface area contributed by atoms with Gasteiger partial charge in [0.25, 0.3) is 0 Å². The Morgan fingerprint density at radius 3 is 2.53 bits per heavy atom. The number of ether oxygens (including phenoxy) is 1. The van der Waals surface area contributed by atoms with Crippen LogP contribution in [0.15, 0.2) is 0 Å². The Labute approximate surface area is 104 Å². The van der Waals surface area contributed by atoms with Crippen LogP contribution in [-0.2, 0) is 11.2 Å². The Balaban J connectivity index is 2.88. The van der Waals surface area contributed by atoms with Crippen molar-refractivity contribution in [3.8, 4) is 0 Å². The Bertz CT molecular complexity index is 380. The van der Waals surface area contributed by atoms with Gasteiger partial charge in [0.05, 0.1) is 6.61 Å². The van der Waals surface area contributed by atoms with Crippen molar-refractivity contribution in [2.24, 2.45) is 0 Å². The van der Waals surface area contributed by atoms with Crippen LogP contribution in [0.3, 0.4) is 0 Å². The number of aromatic nitrogens is 1. The molecule has 0 radical (unpaired) electrons. The van der Waals surface area contributed by atoms with Crippen molar-refractivity contribution < 1.29 is 9.53 Å². The zero-order chi connectivity index (χ0) is 12.8. The van der Waals surface area contributed by atoms with E-state index in [1.165, 1.54) is 18.4 Å².